The summed E-state index contributed by atoms with van der Waals surface area (Å²) >= 11 is 3.31. The summed E-state index contributed by atoms with van der Waals surface area (Å²) < 4.78 is 28.4. The van der Waals surface area contributed by atoms with Crippen LogP contribution >= 0.6 is 15.9 Å². The number of ether oxygens (including phenoxy) is 1. The van der Waals surface area contributed by atoms with E-state index in [9.17, 15) is 13.2 Å². The Kier molecular flexibility index (Phi) is 3.77. The van der Waals surface area contributed by atoms with Gasteiger partial charge in [0.1, 0.15) is 5.75 Å². The highest BCUT2D eigenvalue weighted by molar-refractivity contribution is 9.10. The SMILES string of the molecule is COc1ccc(C(=O)C2CCS(=O)(=O)C2)c(Br)c1. The van der Waals surface area contributed by atoms with Crippen molar-refractivity contribution in [3.05, 3.63) is 28.2 Å². The zero-order valence-electron chi connectivity index (χ0n) is 9.85. The average molecular weight is 333 g/mol. The summed E-state index contributed by atoms with van der Waals surface area (Å²) in [5.41, 5.74) is 0.512. The smallest absolute Gasteiger partial charge is 0.168 e. The van der Waals surface area contributed by atoms with Crippen LogP contribution in [0.4, 0.5) is 0 Å². The maximum atomic E-state index is 12.2. The minimum Gasteiger partial charge on any atom is -0.497 e. The van der Waals surface area contributed by atoms with Gasteiger partial charge in [0.2, 0.25) is 0 Å². The average Bonchev–Trinajstić information content (AvgIpc) is 2.68. The minimum absolute atomic E-state index is 0.0374. The van der Waals surface area contributed by atoms with Gasteiger partial charge >= 0.3 is 0 Å². The van der Waals surface area contributed by atoms with Crippen LogP contribution in [0.25, 0.3) is 0 Å². The molecule has 2 rings (SSSR count). The van der Waals surface area contributed by atoms with E-state index >= 15 is 0 Å². The predicted octanol–water partition coefficient (Wildman–Crippen LogP) is 2.08. The lowest BCUT2D eigenvalue weighted by Gasteiger charge is -2.09. The maximum Gasteiger partial charge on any atom is 0.168 e. The van der Waals surface area contributed by atoms with E-state index in [1.54, 1.807) is 25.3 Å². The van der Waals surface area contributed by atoms with Crippen molar-refractivity contribution in [3.63, 3.8) is 0 Å². The molecule has 0 bridgehead atoms. The molecule has 0 amide bonds. The summed E-state index contributed by atoms with van der Waals surface area (Å²) in [5, 5.41) is 0. The lowest BCUT2D eigenvalue weighted by Crippen LogP contribution is -2.16. The van der Waals surface area contributed by atoms with Crippen LogP contribution in [0.15, 0.2) is 22.7 Å². The highest BCUT2D eigenvalue weighted by Gasteiger charge is 2.34. The lowest BCUT2D eigenvalue weighted by atomic mass is 9.97. The van der Waals surface area contributed by atoms with Crippen molar-refractivity contribution >= 4 is 31.6 Å². The van der Waals surface area contributed by atoms with Gasteiger partial charge in [-0.1, -0.05) is 0 Å². The van der Waals surface area contributed by atoms with Gasteiger partial charge in [0, 0.05) is 16.0 Å². The number of carbonyl (C=O) groups is 1. The monoisotopic (exact) mass is 332 g/mol. The van der Waals surface area contributed by atoms with E-state index in [1.165, 1.54) is 0 Å². The Bertz CT molecular complexity index is 580. The standard InChI is InChI=1S/C12H13BrO4S/c1-17-9-2-3-10(11(13)6-9)12(14)8-4-5-18(15,16)7-8/h2-3,6,8H,4-5,7H2,1H3. The molecule has 0 aromatic heterocycles. The number of sulfone groups is 1. The van der Waals surface area contributed by atoms with Gasteiger partial charge in [0.25, 0.3) is 0 Å². The molecule has 0 aliphatic carbocycles. The van der Waals surface area contributed by atoms with Crippen molar-refractivity contribution in [3.8, 4) is 5.75 Å². The molecule has 1 saturated heterocycles. The quantitative estimate of drug-likeness (QED) is 0.795. The Morgan fingerprint density at radius 1 is 1.44 bits per heavy atom. The van der Waals surface area contributed by atoms with Crippen molar-refractivity contribution < 1.29 is 17.9 Å². The fraction of sp³-hybridized carbons (Fsp3) is 0.417. The molecule has 98 valence electrons. The van der Waals surface area contributed by atoms with E-state index in [2.05, 4.69) is 15.9 Å². The molecule has 6 heteroatoms. The topological polar surface area (TPSA) is 60.4 Å². The molecule has 0 spiro atoms. The second-order valence-corrected chi connectivity index (χ2v) is 7.39. The van der Waals surface area contributed by atoms with E-state index < -0.39 is 15.8 Å². The Morgan fingerprint density at radius 3 is 2.67 bits per heavy atom. The van der Waals surface area contributed by atoms with Crippen LogP contribution in [0.1, 0.15) is 16.8 Å². The molecule has 18 heavy (non-hydrogen) atoms. The molecule has 1 aromatic rings. The fourth-order valence-corrected chi connectivity index (χ4v) is 4.34. The highest BCUT2D eigenvalue weighted by Crippen LogP contribution is 2.28. The molecule has 1 atom stereocenters. The second kappa shape index (κ2) is 5.01. The van der Waals surface area contributed by atoms with Crippen molar-refractivity contribution in [1.82, 2.24) is 0 Å². The highest BCUT2D eigenvalue weighted by atomic mass is 79.9. The van der Waals surface area contributed by atoms with Crippen LogP contribution in [-0.2, 0) is 9.84 Å². The van der Waals surface area contributed by atoms with Crippen molar-refractivity contribution in [1.29, 1.82) is 0 Å². The summed E-state index contributed by atoms with van der Waals surface area (Å²) in [6.45, 7) is 0. The summed E-state index contributed by atoms with van der Waals surface area (Å²) in [6.07, 6.45) is 0.416. The summed E-state index contributed by atoms with van der Waals surface area (Å²) in [7, 11) is -1.49. The summed E-state index contributed by atoms with van der Waals surface area (Å²) in [5.74, 6) is 0.185. The molecule has 0 N–H and O–H groups in total. The number of ketones is 1. The molecular formula is C12H13BrO4S. The fourth-order valence-electron chi connectivity index (χ4n) is 2.04. The number of halogens is 1. The van der Waals surface area contributed by atoms with Gasteiger partial charge in [-0.25, -0.2) is 8.42 Å². The van der Waals surface area contributed by atoms with Gasteiger partial charge < -0.3 is 4.74 Å². The van der Waals surface area contributed by atoms with Crippen LogP contribution in [0.3, 0.4) is 0 Å². The Balaban J connectivity index is 2.25. The Hall–Kier alpha value is -0.880. The number of Topliss-reactive ketones (excluding diaryl/α,β-unsaturated/α-hetero) is 1. The number of rotatable bonds is 3. The molecule has 0 saturated carbocycles. The van der Waals surface area contributed by atoms with Gasteiger partial charge in [-0.2, -0.15) is 0 Å². The molecule has 4 nitrogen and oxygen atoms in total. The third-order valence-corrected chi connectivity index (χ3v) is 5.47. The number of carbonyl (C=O) groups excluding carboxylic acids is 1. The van der Waals surface area contributed by atoms with Gasteiger partial charge in [0.15, 0.2) is 15.6 Å². The van der Waals surface area contributed by atoms with Gasteiger partial charge in [0.05, 0.1) is 18.6 Å². The molecule has 1 aliphatic heterocycles. The van der Waals surface area contributed by atoms with Gasteiger partial charge in [-0.3, -0.25) is 4.79 Å². The molecule has 1 heterocycles. The first-order chi connectivity index (χ1) is 8.43. The van der Waals surface area contributed by atoms with E-state index in [0.29, 0.717) is 22.2 Å². The lowest BCUT2D eigenvalue weighted by molar-refractivity contribution is 0.0932. The van der Waals surface area contributed by atoms with Crippen LogP contribution < -0.4 is 4.74 Å². The maximum absolute atomic E-state index is 12.2. The number of hydrogen-bond acceptors (Lipinski definition) is 4. The first kappa shape index (κ1) is 13.5. The zero-order chi connectivity index (χ0) is 13.3. The molecule has 1 aromatic carbocycles. The van der Waals surface area contributed by atoms with Crippen LogP contribution in [-0.4, -0.2) is 32.8 Å². The normalized spacial score (nSPS) is 21.8. The first-order valence-corrected chi connectivity index (χ1v) is 8.12. The third kappa shape index (κ3) is 2.75. The Labute approximate surface area is 114 Å². The first-order valence-electron chi connectivity index (χ1n) is 5.51. The van der Waals surface area contributed by atoms with Gasteiger partial charge in [-0.05, 0) is 40.5 Å². The Morgan fingerprint density at radius 2 is 2.17 bits per heavy atom. The van der Waals surface area contributed by atoms with Gasteiger partial charge in [-0.15, -0.1) is 0 Å². The van der Waals surface area contributed by atoms with Crippen LogP contribution in [0, 0.1) is 5.92 Å². The van der Waals surface area contributed by atoms with Crippen molar-refractivity contribution in [2.45, 2.75) is 6.42 Å². The number of hydrogen-bond donors (Lipinski definition) is 0. The second-order valence-electron chi connectivity index (χ2n) is 4.31. The van der Waals surface area contributed by atoms with E-state index in [4.69, 9.17) is 4.74 Å². The van der Waals surface area contributed by atoms with Crippen molar-refractivity contribution in [2.75, 3.05) is 18.6 Å². The van der Waals surface area contributed by atoms with Crippen LogP contribution in [0.5, 0.6) is 5.75 Å². The molecule has 0 radical (unpaired) electrons. The number of benzene rings is 1. The summed E-state index contributed by atoms with van der Waals surface area (Å²) in [6, 6.07) is 5.06. The molecular weight excluding hydrogens is 320 g/mol. The molecule has 1 unspecified atom stereocenters. The minimum atomic E-state index is -3.03. The zero-order valence-corrected chi connectivity index (χ0v) is 12.3. The predicted molar refractivity (Wildman–Crippen MR) is 71.8 cm³/mol. The van der Waals surface area contributed by atoms with Crippen LogP contribution in [0.2, 0.25) is 0 Å². The summed E-state index contributed by atoms with van der Waals surface area (Å²) in [4.78, 5) is 12.2. The number of methoxy groups -OCH3 is 1. The van der Waals surface area contributed by atoms with Crippen molar-refractivity contribution in [2.24, 2.45) is 5.92 Å². The van der Waals surface area contributed by atoms with E-state index in [1.807, 2.05) is 0 Å². The largest absolute Gasteiger partial charge is 0.497 e. The molecule has 1 aliphatic rings. The van der Waals surface area contributed by atoms with E-state index in [0.717, 1.165) is 0 Å². The van der Waals surface area contributed by atoms with E-state index in [-0.39, 0.29) is 17.3 Å². The third-order valence-electron chi connectivity index (χ3n) is 3.04. The molecule has 1 fully saturated rings.